The van der Waals surface area contributed by atoms with Crippen LogP contribution in [0.2, 0.25) is 0 Å². The third kappa shape index (κ3) is 1.32. The Bertz CT molecular complexity index is 254. The fourth-order valence-electron chi connectivity index (χ4n) is 1.19. The van der Waals surface area contributed by atoms with Crippen LogP contribution < -0.4 is 0 Å². The molecule has 3 heteroatoms. The molecule has 0 aromatic carbocycles. The van der Waals surface area contributed by atoms with Crippen LogP contribution in [0.25, 0.3) is 0 Å². The fraction of sp³-hybridized carbons (Fsp3) is 0.556. The molecule has 0 spiro atoms. The summed E-state index contributed by atoms with van der Waals surface area (Å²) in [4.78, 5) is 8.47. The minimum atomic E-state index is 0.538. The van der Waals surface area contributed by atoms with Gasteiger partial charge in [-0.3, -0.25) is 0 Å². The summed E-state index contributed by atoms with van der Waals surface area (Å²) < 4.78 is 5.09. The molecule has 0 amide bonds. The van der Waals surface area contributed by atoms with E-state index in [4.69, 9.17) is 4.74 Å². The Kier molecular flexibility index (Phi) is 2.04. The van der Waals surface area contributed by atoms with Crippen LogP contribution in [0.4, 0.5) is 0 Å². The first-order valence-electron chi connectivity index (χ1n) is 4.28. The summed E-state index contributed by atoms with van der Waals surface area (Å²) in [7, 11) is 0. The third-order valence-electron chi connectivity index (χ3n) is 2.15. The number of hydrogen-bond acceptors (Lipinski definition) is 3. The summed E-state index contributed by atoms with van der Waals surface area (Å²) in [6.45, 7) is 3.71. The van der Waals surface area contributed by atoms with Gasteiger partial charge in [-0.1, -0.05) is 6.92 Å². The standard InChI is InChI=1S/C9H12N2O/c1-2-9-10-3-7(4-11-9)8-5-12-6-8/h3-4,8H,2,5-6H2,1H3. The van der Waals surface area contributed by atoms with Crippen molar-refractivity contribution in [2.24, 2.45) is 0 Å². The van der Waals surface area contributed by atoms with E-state index in [9.17, 15) is 0 Å². The zero-order valence-corrected chi connectivity index (χ0v) is 7.16. The van der Waals surface area contributed by atoms with Gasteiger partial charge in [0.1, 0.15) is 5.82 Å². The zero-order valence-electron chi connectivity index (χ0n) is 7.16. The molecule has 0 unspecified atom stereocenters. The number of ether oxygens (including phenoxy) is 1. The van der Waals surface area contributed by atoms with Crippen LogP contribution in [-0.4, -0.2) is 23.2 Å². The summed E-state index contributed by atoms with van der Waals surface area (Å²) in [6, 6.07) is 0. The molecular weight excluding hydrogens is 152 g/mol. The van der Waals surface area contributed by atoms with Crippen LogP contribution in [0.3, 0.4) is 0 Å². The number of rotatable bonds is 2. The molecular formula is C9H12N2O. The zero-order chi connectivity index (χ0) is 8.39. The first-order chi connectivity index (χ1) is 5.90. The number of aromatic nitrogens is 2. The molecule has 12 heavy (non-hydrogen) atoms. The highest BCUT2D eigenvalue weighted by molar-refractivity contribution is 5.13. The van der Waals surface area contributed by atoms with Gasteiger partial charge < -0.3 is 4.74 Å². The second-order valence-electron chi connectivity index (χ2n) is 3.02. The van der Waals surface area contributed by atoms with E-state index in [1.165, 1.54) is 5.56 Å². The highest BCUT2D eigenvalue weighted by Gasteiger charge is 2.20. The lowest BCUT2D eigenvalue weighted by molar-refractivity contribution is 0.00812. The normalized spacial score (nSPS) is 17.4. The molecule has 1 aromatic rings. The maximum Gasteiger partial charge on any atom is 0.127 e. The Hall–Kier alpha value is -0.960. The van der Waals surface area contributed by atoms with Crippen molar-refractivity contribution >= 4 is 0 Å². The van der Waals surface area contributed by atoms with Crippen LogP contribution in [0.1, 0.15) is 24.2 Å². The van der Waals surface area contributed by atoms with Crippen molar-refractivity contribution in [1.29, 1.82) is 0 Å². The molecule has 1 fully saturated rings. The van der Waals surface area contributed by atoms with Gasteiger partial charge in [0.15, 0.2) is 0 Å². The number of nitrogens with zero attached hydrogens (tertiary/aromatic N) is 2. The molecule has 0 bridgehead atoms. The summed E-state index contributed by atoms with van der Waals surface area (Å²) in [6.07, 6.45) is 4.74. The minimum absolute atomic E-state index is 0.538. The van der Waals surface area contributed by atoms with Gasteiger partial charge in [-0.25, -0.2) is 9.97 Å². The van der Waals surface area contributed by atoms with Crippen LogP contribution >= 0.6 is 0 Å². The number of hydrogen-bond donors (Lipinski definition) is 0. The first-order valence-corrected chi connectivity index (χ1v) is 4.28. The van der Waals surface area contributed by atoms with Crippen LogP contribution in [0, 0.1) is 0 Å². The molecule has 0 N–H and O–H groups in total. The highest BCUT2D eigenvalue weighted by Crippen LogP contribution is 2.22. The van der Waals surface area contributed by atoms with Gasteiger partial charge in [0.25, 0.3) is 0 Å². The fourth-order valence-corrected chi connectivity index (χ4v) is 1.19. The highest BCUT2D eigenvalue weighted by atomic mass is 16.5. The maximum atomic E-state index is 5.09. The van der Waals surface area contributed by atoms with E-state index >= 15 is 0 Å². The van der Waals surface area contributed by atoms with E-state index in [0.29, 0.717) is 5.92 Å². The smallest absolute Gasteiger partial charge is 0.127 e. The SMILES string of the molecule is CCc1ncc(C2COC2)cn1. The molecule has 0 radical (unpaired) electrons. The average molecular weight is 164 g/mol. The van der Waals surface area contributed by atoms with Crippen LogP contribution in [0.5, 0.6) is 0 Å². The monoisotopic (exact) mass is 164 g/mol. The summed E-state index contributed by atoms with van der Waals surface area (Å²) in [5.74, 6) is 1.45. The summed E-state index contributed by atoms with van der Waals surface area (Å²) in [5.41, 5.74) is 1.21. The molecule has 0 saturated carbocycles. The molecule has 1 aliphatic heterocycles. The Morgan fingerprint density at radius 3 is 2.50 bits per heavy atom. The largest absolute Gasteiger partial charge is 0.380 e. The molecule has 2 rings (SSSR count). The molecule has 1 aliphatic rings. The van der Waals surface area contributed by atoms with Gasteiger partial charge in [0, 0.05) is 24.7 Å². The van der Waals surface area contributed by atoms with Gasteiger partial charge in [-0.05, 0) is 5.56 Å². The predicted octanol–water partition coefficient (Wildman–Crippen LogP) is 1.15. The van der Waals surface area contributed by atoms with Gasteiger partial charge in [0.2, 0.25) is 0 Å². The Morgan fingerprint density at radius 1 is 1.42 bits per heavy atom. The Balaban J connectivity index is 2.13. The Morgan fingerprint density at radius 2 is 2.08 bits per heavy atom. The van der Waals surface area contributed by atoms with E-state index < -0.39 is 0 Å². The van der Waals surface area contributed by atoms with Crippen molar-refractivity contribution in [3.63, 3.8) is 0 Å². The van der Waals surface area contributed by atoms with Crippen LogP contribution in [0.15, 0.2) is 12.4 Å². The molecule has 2 heterocycles. The van der Waals surface area contributed by atoms with Crippen molar-refractivity contribution in [3.8, 4) is 0 Å². The maximum absolute atomic E-state index is 5.09. The van der Waals surface area contributed by atoms with Crippen molar-refractivity contribution in [3.05, 3.63) is 23.8 Å². The topological polar surface area (TPSA) is 35.0 Å². The molecule has 64 valence electrons. The molecule has 1 aromatic heterocycles. The lowest BCUT2D eigenvalue weighted by Crippen LogP contribution is -2.25. The summed E-state index contributed by atoms with van der Waals surface area (Å²) in [5, 5.41) is 0. The van der Waals surface area contributed by atoms with E-state index in [0.717, 1.165) is 25.5 Å². The first kappa shape index (κ1) is 7.68. The van der Waals surface area contributed by atoms with Gasteiger partial charge in [0.05, 0.1) is 13.2 Å². The minimum Gasteiger partial charge on any atom is -0.380 e. The van der Waals surface area contributed by atoms with Crippen molar-refractivity contribution in [1.82, 2.24) is 9.97 Å². The molecule has 0 aliphatic carbocycles. The Labute approximate surface area is 71.8 Å². The third-order valence-corrected chi connectivity index (χ3v) is 2.15. The van der Waals surface area contributed by atoms with E-state index in [-0.39, 0.29) is 0 Å². The van der Waals surface area contributed by atoms with Gasteiger partial charge in [-0.2, -0.15) is 0 Å². The van der Waals surface area contributed by atoms with Crippen molar-refractivity contribution in [2.45, 2.75) is 19.3 Å². The molecule has 0 atom stereocenters. The second-order valence-corrected chi connectivity index (χ2v) is 3.02. The van der Waals surface area contributed by atoms with Crippen molar-refractivity contribution < 1.29 is 4.74 Å². The lowest BCUT2D eigenvalue weighted by Gasteiger charge is -2.25. The quantitative estimate of drug-likeness (QED) is 0.657. The predicted molar refractivity (Wildman–Crippen MR) is 45.0 cm³/mol. The van der Waals surface area contributed by atoms with E-state index in [2.05, 4.69) is 16.9 Å². The molecule has 3 nitrogen and oxygen atoms in total. The lowest BCUT2D eigenvalue weighted by atomic mass is 10.0. The van der Waals surface area contributed by atoms with E-state index in [1.807, 2.05) is 12.4 Å². The summed E-state index contributed by atoms with van der Waals surface area (Å²) >= 11 is 0. The van der Waals surface area contributed by atoms with Gasteiger partial charge in [-0.15, -0.1) is 0 Å². The molecule has 1 saturated heterocycles. The second kappa shape index (κ2) is 3.19. The average Bonchev–Trinajstić information content (AvgIpc) is 2.03. The van der Waals surface area contributed by atoms with Crippen LogP contribution in [-0.2, 0) is 11.2 Å². The van der Waals surface area contributed by atoms with E-state index in [1.54, 1.807) is 0 Å². The van der Waals surface area contributed by atoms with Gasteiger partial charge >= 0.3 is 0 Å². The van der Waals surface area contributed by atoms with Crippen molar-refractivity contribution in [2.75, 3.05) is 13.2 Å². The number of aryl methyl sites for hydroxylation is 1.